The number of hydrogen-bond donors (Lipinski definition) is 1. The molecule has 1 aliphatic heterocycles. The van der Waals surface area contributed by atoms with Gasteiger partial charge in [-0.05, 0) is 24.3 Å². The quantitative estimate of drug-likeness (QED) is 0.674. The van der Waals surface area contributed by atoms with E-state index >= 15 is 0 Å². The topological polar surface area (TPSA) is 97.2 Å². The van der Waals surface area contributed by atoms with Gasteiger partial charge < -0.3 is 4.90 Å². The fourth-order valence-corrected chi connectivity index (χ4v) is 4.17. The van der Waals surface area contributed by atoms with Crippen molar-refractivity contribution in [3.8, 4) is 0 Å². The van der Waals surface area contributed by atoms with Gasteiger partial charge in [0, 0.05) is 50.5 Å². The zero-order chi connectivity index (χ0) is 21.5. The predicted octanol–water partition coefficient (Wildman–Crippen LogP) is 1.82. The maximum absolute atomic E-state index is 13.3. The molecule has 1 N–H and O–H groups in total. The first kappa shape index (κ1) is 20.0. The Balaban J connectivity index is 1.53. The molecule has 3 aromatic rings. The number of aryl methyl sites for hydroxylation is 1. The van der Waals surface area contributed by atoms with Gasteiger partial charge in [-0.25, -0.2) is 26.9 Å². The first-order valence-corrected chi connectivity index (χ1v) is 10.5. The molecule has 3 heterocycles. The van der Waals surface area contributed by atoms with Gasteiger partial charge in [-0.2, -0.15) is 5.10 Å². The molecule has 156 valence electrons. The minimum absolute atomic E-state index is 0.0975. The van der Waals surface area contributed by atoms with E-state index < -0.39 is 21.7 Å². The van der Waals surface area contributed by atoms with Crippen molar-refractivity contribution in [3.05, 3.63) is 75.8 Å². The fraction of sp³-hybridized carbons (Fsp3) is 0.211. The van der Waals surface area contributed by atoms with E-state index in [1.54, 1.807) is 19.2 Å². The number of pyridine rings is 1. The molecule has 0 atom stereocenters. The number of benzene rings is 1. The van der Waals surface area contributed by atoms with E-state index in [0.717, 1.165) is 29.5 Å². The second-order valence-electron chi connectivity index (χ2n) is 6.84. The Bertz CT molecular complexity index is 1280. The molecular formula is C19H17F2N5O3S. The number of fused-ring (bicyclic) bond motifs is 1. The molecule has 0 radical (unpaired) electrons. The van der Waals surface area contributed by atoms with Crippen molar-refractivity contribution in [1.82, 2.24) is 14.8 Å². The molecular weight excluding hydrogens is 416 g/mol. The van der Waals surface area contributed by atoms with Gasteiger partial charge in [-0.3, -0.25) is 9.52 Å². The maximum atomic E-state index is 13.3. The second-order valence-corrected chi connectivity index (χ2v) is 8.52. The van der Waals surface area contributed by atoms with Crippen LogP contribution in [0.3, 0.4) is 0 Å². The normalized spacial score (nSPS) is 13.8. The average Bonchev–Trinajstić information content (AvgIpc) is 2.71. The molecule has 0 amide bonds. The summed E-state index contributed by atoms with van der Waals surface area (Å²) in [5.74, 6) is -1.67. The summed E-state index contributed by atoms with van der Waals surface area (Å²) in [6, 6.07) is 7.20. The molecule has 0 saturated carbocycles. The summed E-state index contributed by atoms with van der Waals surface area (Å²) in [5.41, 5.74) is 1.36. The van der Waals surface area contributed by atoms with Crippen LogP contribution in [0.4, 0.5) is 20.3 Å². The van der Waals surface area contributed by atoms with Crippen molar-refractivity contribution < 1.29 is 17.2 Å². The van der Waals surface area contributed by atoms with Crippen molar-refractivity contribution in [2.75, 3.05) is 16.2 Å². The fourth-order valence-electron chi connectivity index (χ4n) is 3.18. The minimum Gasteiger partial charge on any atom is -0.352 e. The number of nitrogens with one attached hydrogen (secondary N) is 1. The van der Waals surface area contributed by atoms with E-state index in [1.807, 2.05) is 4.90 Å². The first-order valence-electron chi connectivity index (χ1n) is 8.98. The lowest BCUT2D eigenvalue weighted by molar-refractivity contribution is 0.509. The Labute approximate surface area is 170 Å². The summed E-state index contributed by atoms with van der Waals surface area (Å²) in [6.07, 6.45) is 1.82. The lowest BCUT2D eigenvalue weighted by Crippen LogP contribution is -2.34. The monoisotopic (exact) mass is 433 g/mol. The molecule has 0 saturated heterocycles. The molecule has 11 heteroatoms. The molecule has 0 aliphatic carbocycles. The van der Waals surface area contributed by atoms with Crippen LogP contribution in [-0.2, 0) is 30.0 Å². The number of hydrogen-bond acceptors (Lipinski definition) is 6. The number of halogens is 2. The van der Waals surface area contributed by atoms with E-state index in [9.17, 15) is 22.0 Å². The molecule has 8 nitrogen and oxygen atoms in total. The summed E-state index contributed by atoms with van der Waals surface area (Å²) in [7, 11) is -2.42. The summed E-state index contributed by atoms with van der Waals surface area (Å²) >= 11 is 0. The largest absolute Gasteiger partial charge is 0.352 e. The van der Waals surface area contributed by atoms with Crippen molar-refractivity contribution in [2.24, 2.45) is 7.05 Å². The van der Waals surface area contributed by atoms with Gasteiger partial charge in [0.1, 0.15) is 10.7 Å². The van der Waals surface area contributed by atoms with Gasteiger partial charge >= 0.3 is 0 Å². The highest BCUT2D eigenvalue weighted by Gasteiger charge is 2.21. The molecule has 0 bridgehead atoms. The zero-order valence-electron chi connectivity index (χ0n) is 15.8. The Morgan fingerprint density at radius 3 is 2.60 bits per heavy atom. The molecule has 0 unspecified atom stereocenters. The first-order chi connectivity index (χ1) is 14.2. The molecule has 1 aromatic carbocycles. The van der Waals surface area contributed by atoms with Crippen molar-refractivity contribution in [3.63, 3.8) is 0 Å². The third kappa shape index (κ3) is 3.88. The van der Waals surface area contributed by atoms with Crippen LogP contribution in [-0.4, -0.2) is 29.7 Å². The maximum Gasteiger partial charge on any atom is 0.266 e. The van der Waals surface area contributed by atoms with Crippen LogP contribution >= 0.6 is 0 Å². The van der Waals surface area contributed by atoms with Crippen molar-refractivity contribution >= 4 is 21.5 Å². The van der Waals surface area contributed by atoms with Crippen LogP contribution in [0.5, 0.6) is 0 Å². The predicted molar refractivity (Wildman–Crippen MR) is 106 cm³/mol. The summed E-state index contributed by atoms with van der Waals surface area (Å²) in [4.78, 5) is 17.8. The molecule has 4 rings (SSSR count). The number of rotatable bonds is 4. The number of aromatic nitrogens is 3. The summed E-state index contributed by atoms with van der Waals surface area (Å²) in [6.45, 7) is 1.05. The van der Waals surface area contributed by atoms with E-state index in [-0.39, 0.29) is 16.1 Å². The van der Waals surface area contributed by atoms with Gasteiger partial charge in [-0.1, -0.05) is 0 Å². The van der Waals surface area contributed by atoms with Crippen molar-refractivity contribution in [1.29, 1.82) is 0 Å². The lowest BCUT2D eigenvalue weighted by Gasteiger charge is -2.29. The molecule has 2 aromatic heterocycles. The molecule has 0 fully saturated rings. The average molecular weight is 433 g/mol. The highest BCUT2D eigenvalue weighted by Crippen LogP contribution is 2.23. The van der Waals surface area contributed by atoms with Gasteiger partial charge in [0.05, 0.1) is 11.4 Å². The third-order valence-corrected chi connectivity index (χ3v) is 6.13. The van der Waals surface area contributed by atoms with E-state index in [1.165, 1.54) is 16.9 Å². The van der Waals surface area contributed by atoms with Gasteiger partial charge in [0.15, 0.2) is 11.6 Å². The van der Waals surface area contributed by atoms with E-state index in [2.05, 4.69) is 14.8 Å². The number of anilines is 2. The Morgan fingerprint density at radius 2 is 1.90 bits per heavy atom. The zero-order valence-corrected chi connectivity index (χ0v) is 16.7. The summed E-state index contributed by atoms with van der Waals surface area (Å²) < 4.78 is 54.8. The highest BCUT2D eigenvalue weighted by molar-refractivity contribution is 7.92. The third-order valence-electron chi connectivity index (χ3n) is 4.76. The second kappa shape index (κ2) is 7.48. The van der Waals surface area contributed by atoms with Gasteiger partial charge in [-0.15, -0.1) is 0 Å². The van der Waals surface area contributed by atoms with Crippen LogP contribution in [0.25, 0.3) is 0 Å². The summed E-state index contributed by atoms with van der Waals surface area (Å²) in [5, 5.41) is 4.26. The van der Waals surface area contributed by atoms with Crippen molar-refractivity contribution in [2.45, 2.75) is 17.9 Å². The SMILES string of the molecule is Cn1nc2c(cc1=O)CN(c1ccc(S(=O)(=O)Nc3ccc(F)c(F)c3)cn1)CC2. The molecule has 30 heavy (non-hydrogen) atoms. The Hall–Kier alpha value is -3.34. The smallest absolute Gasteiger partial charge is 0.266 e. The Kier molecular flexibility index (Phi) is 4.98. The standard InChI is InChI=1S/C19H17F2N5O3S/c1-25-19(27)8-12-11-26(7-6-17(12)23-25)18-5-3-14(10-22-18)30(28,29)24-13-2-4-15(20)16(21)9-13/h2-5,8-10,24H,6-7,11H2,1H3. The van der Waals surface area contributed by atoms with E-state index in [0.29, 0.717) is 25.3 Å². The Morgan fingerprint density at radius 1 is 1.10 bits per heavy atom. The van der Waals surface area contributed by atoms with Crippen LogP contribution < -0.4 is 15.2 Å². The van der Waals surface area contributed by atoms with E-state index in [4.69, 9.17) is 0 Å². The highest BCUT2D eigenvalue weighted by atomic mass is 32.2. The van der Waals surface area contributed by atoms with Gasteiger partial charge in [0.2, 0.25) is 0 Å². The molecule has 1 aliphatic rings. The van der Waals surface area contributed by atoms with Crippen LogP contribution in [0.1, 0.15) is 11.3 Å². The number of nitrogens with zero attached hydrogens (tertiary/aromatic N) is 4. The van der Waals surface area contributed by atoms with Gasteiger partial charge in [0.25, 0.3) is 15.6 Å². The van der Waals surface area contributed by atoms with Crippen LogP contribution in [0.15, 0.2) is 52.3 Å². The lowest BCUT2D eigenvalue weighted by atomic mass is 10.1. The molecule has 0 spiro atoms. The number of sulfonamides is 1. The minimum atomic E-state index is -4.02. The van der Waals surface area contributed by atoms with Crippen LogP contribution in [0, 0.1) is 11.6 Å². The van der Waals surface area contributed by atoms with Crippen LogP contribution in [0.2, 0.25) is 0 Å².